The zero-order valence-electron chi connectivity index (χ0n) is 34.7. The molecule has 0 atom stereocenters. The fourth-order valence-corrected chi connectivity index (χ4v) is 7.48. The van der Waals surface area contributed by atoms with Crippen LogP contribution in [0.5, 0.6) is 5.75 Å². The number of carboxylic acids is 3. The average Bonchev–Trinajstić information content (AvgIpc) is 3.64. The molecule has 0 saturated heterocycles. The molecular weight excluding hydrogens is 765 g/mol. The quantitative estimate of drug-likeness (QED) is 0.0916. The third-order valence-corrected chi connectivity index (χ3v) is 10.6. The van der Waals surface area contributed by atoms with Crippen molar-refractivity contribution in [3.8, 4) is 33.8 Å². The van der Waals surface area contributed by atoms with Crippen LogP contribution in [0.2, 0.25) is 0 Å². The maximum atomic E-state index is 11.6. The summed E-state index contributed by atoms with van der Waals surface area (Å²) in [6.07, 6.45) is 2.96. The summed E-state index contributed by atoms with van der Waals surface area (Å²) < 4.78 is 2.13. The molecule has 310 valence electrons. The number of phenols is 1. The van der Waals surface area contributed by atoms with E-state index in [0.29, 0.717) is 11.6 Å². The Balaban J connectivity index is 0.000000167. The molecule has 9 nitrogen and oxygen atoms in total. The van der Waals surface area contributed by atoms with Gasteiger partial charge in [-0.1, -0.05) is 117 Å². The van der Waals surface area contributed by atoms with E-state index < -0.39 is 17.9 Å². The van der Waals surface area contributed by atoms with Gasteiger partial charge in [-0.2, -0.15) is 0 Å². The van der Waals surface area contributed by atoms with Gasteiger partial charge in [0.25, 0.3) is 0 Å². The van der Waals surface area contributed by atoms with Gasteiger partial charge in [-0.05, 0) is 120 Å². The second-order valence-corrected chi connectivity index (χ2v) is 15.5. The number of nitrogens with one attached hydrogen (secondary N) is 1. The summed E-state index contributed by atoms with van der Waals surface area (Å²) in [4.78, 5) is 33.1. The summed E-state index contributed by atoms with van der Waals surface area (Å²) in [6, 6.07) is 46.1. The smallest absolute Gasteiger partial charge is 0.339 e. The topological polar surface area (TPSA) is 149 Å². The number of anilines is 2. The zero-order chi connectivity index (χ0) is 43.6. The SMILES string of the molecule is CC(C)Cc1ccc(CC(=O)O)cc1.Cc1cccc(Nc2ccccc2C(=O)O)c1C.O=C(O)c1cc(-n2c(-c3ccccc3)cc3c2CCc2ccccc2-3)ccc1O. The highest BCUT2D eigenvalue weighted by molar-refractivity contribution is 5.95. The first kappa shape index (κ1) is 43.2. The van der Waals surface area contributed by atoms with Crippen LogP contribution in [0.25, 0.3) is 28.1 Å². The summed E-state index contributed by atoms with van der Waals surface area (Å²) in [5.41, 5.74) is 13.8. The lowest BCUT2D eigenvalue weighted by Gasteiger charge is -2.20. The molecule has 0 saturated carbocycles. The highest BCUT2D eigenvalue weighted by atomic mass is 16.4. The molecule has 8 rings (SSSR count). The number of aryl methyl sites for hydroxylation is 2. The lowest BCUT2D eigenvalue weighted by atomic mass is 9.90. The number of hydrogen-bond donors (Lipinski definition) is 5. The molecule has 0 amide bonds. The number of aromatic hydroxyl groups is 1. The number of benzene rings is 6. The van der Waals surface area contributed by atoms with Crippen LogP contribution in [0.3, 0.4) is 0 Å². The summed E-state index contributed by atoms with van der Waals surface area (Å²) in [6.45, 7) is 8.39. The Bertz CT molecular complexity index is 2660. The van der Waals surface area contributed by atoms with Crippen molar-refractivity contribution in [3.63, 3.8) is 0 Å². The lowest BCUT2D eigenvalue weighted by Crippen LogP contribution is -2.09. The van der Waals surface area contributed by atoms with E-state index in [-0.39, 0.29) is 23.3 Å². The summed E-state index contributed by atoms with van der Waals surface area (Å²) >= 11 is 0. The molecule has 1 aromatic heterocycles. The Kier molecular flexibility index (Phi) is 13.9. The second kappa shape index (κ2) is 19.6. The number of fused-ring (bicyclic) bond motifs is 3. The fraction of sp³-hybridized carbons (Fsp3) is 0.173. The van der Waals surface area contributed by atoms with E-state index in [9.17, 15) is 24.6 Å². The molecule has 0 fully saturated rings. The molecule has 5 N–H and O–H groups in total. The van der Waals surface area contributed by atoms with E-state index in [4.69, 9.17) is 10.2 Å². The Morgan fingerprint density at radius 3 is 1.97 bits per heavy atom. The first-order valence-corrected chi connectivity index (χ1v) is 20.2. The molecule has 1 aliphatic rings. The number of aromatic nitrogens is 1. The average molecular weight is 815 g/mol. The van der Waals surface area contributed by atoms with Crippen molar-refractivity contribution >= 4 is 29.3 Å². The van der Waals surface area contributed by atoms with Crippen LogP contribution in [0.1, 0.15) is 68.1 Å². The molecule has 0 radical (unpaired) electrons. The molecule has 1 heterocycles. The number of carboxylic acid groups (broad SMARTS) is 3. The number of rotatable bonds is 10. The van der Waals surface area contributed by atoms with Crippen molar-refractivity contribution in [1.82, 2.24) is 4.57 Å². The Morgan fingerprint density at radius 1 is 0.639 bits per heavy atom. The van der Waals surface area contributed by atoms with E-state index in [1.165, 1.54) is 33.9 Å². The highest BCUT2D eigenvalue weighted by Crippen LogP contribution is 2.41. The van der Waals surface area contributed by atoms with Gasteiger partial charge in [0.2, 0.25) is 0 Å². The van der Waals surface area contributed by atoms with Crippen molar-refractivity contribution in [2.75, 3.05) is 5.32 Å². The predicted molar refractivity (Wildman–Crippen MR) is 242 cm³/mol. The minimum Gasteiger partial charge on any atom is -0.507 e. The molecule has 0 unspecified atom stereocenters. The third-order valence-electron chi connectivity index (χ3n) is 10.6. The van der Waals surface area contributed by atoms with Crippen LogP contribution < -0.4 is 5.32 Å². The number of hydrogen-bond acceptors (Lipinski definition) is 5. The van der Waals surface area contributed by atoms with E-state index in [2.05, 4.69) is 66.2 Å². The van der Waals surface area contributed by atoms with E-state index >= 15 is 0 Å². The van der Waals surface area contributed by atoms with Crippen LogP contribution >= 0.6 is 0 Å². The van der Waals surface area contributed by atoms with Crippen LogP contribution in [0.4, 0.5) is 11.4 Å². The van der Waals surface area contributed by atoms with E-state index in [1.807, 2.05) is 80.6 Å². The van der Waals surface area contributed by atoms with E-state index in [0.717, 1.165) is 58.7 Å². The van der Waals surface area contributed by atoms with Gasteiger partial charge in [-0.25, -0.2) is 9.59 Å². The molecule has 9 heteroatoms. The number of carbonyl (C=O) groups is 3. The monoisotopic (exact) mass is 814 g/mol. The maximum absolute atomic E-state index is 11.6. The maximum Gasteiger partial charge on any atom is 0.339 e. The first-order chi connectivity index (χ1) is 29.3. The van der Waals surface area contributed by atoms with Crippen molar-refractivity contribution in [2.45, 2.75) is 53.4 Å². The van der Waals surface area contributed by atoms with Crippen LogP contribution in [0, 0.1) is 19.8 Å². The minimum atomic E-state index is -1.14. The van der Waals surface area contributed by atoms with Gasteiger partial charge in [0, 0.05) is 22.6 Å². The Labute approximate surface area is 356 Å². The van der Waals surface area contributed by atoms with E-state index in [1.54, 1.807) is 30.3 Å². The fourth-order valence-electron chi connectivity index (χ4n) is 7.48. The molecule has 0 spiro atoms. The molecule has 0 aliphatic heterocycles. The summed E-state index contributed by atoms with van der Waals surface area (Å²) in [7, 11) is 0. The van der Waals surface area contributed by atoms with Gasteiger partial charge in [0.15, 0.2) is 0 Å². The van der Waals surface area contributed by atoms with Gasteiger partial charge in [-0.3, -0.25) is 4.79 Å². The molecule has 1 aliphatic carbocycles. The number of para-hydroxylation sites is 1. The number of aliphatic carboxylic acids is 1. The normalized spacial score (nSPS) is 11.2. The molecular formula is C52H50N2O7. The molecule has 7 aromatic rings. The second-order valence-electron chi connectivity index (χ2n) is 15.5. The van der Waals surface area contributed by atoms with Gasteiger partial charge < -0.3 is 30.3 Å². The first-order valence-electron chi connectivity index (χ1n) is 20.2. The third kappa shape index (κ3) is 10.6. The van der Waals surface area contributed by atoms with Gasteiger partial charge in [-0.15, -0.1) is 0 Å². The van der Waals surface area contributed by atoms with Crippen molar-refractivity contribution in [3.05, 3.63) is 190 Å². The Hall–Kier alpha value is -7.39. The minimum absolute atomic E-state index is 0.0971. The van der Waals surface area contributed by atoms with Gasteiger partial charge in [0.05, 0.1) is 23.4 Å². The van der Waals surface area contributed by atoms with Gasteiger partial charge in [0.1, 0.15) is 11.3 Å². The number of aromatic carboxylic acids is 2. The predicted octanol–water partition coefficient (Wildman–Crippen LogP) is 11.6. The summed E-state index contributed by atoms with van der Waals surface area (Å²) in [5, 5.41) is 40.3. The molecule has 6 aromatic carbocycles. The van der Waals surface area contributed by atoms with Crippen LogP contribution in [-0.4, -0.2) is 42.9 Å². The lowest BCUT2D eigenvalue weighted by molar-refractivity contribution is -0.136. The highest BCUT2D eigenvalue weighted by Gasteiger charge is 2.25. The summed E-state index contributed by atoms with van der Waals surface area (Å²) in [5.74, 6) is -2.43. The van der Waals surface area contributed by atoms with Crippen molar-refractivity contribution in [2.24, 2.45) is 5.92 Å². The zero-order valence-corrected chi connectivity index (χ0v) is 34.7. The molecule has 61 heavy (non-hydrogen) atoms. The molecule has 0 bridgehead atoms. The standard InChI is InChI=1S/C25H19NO3.C15H15NO2.C12H16O2/c27-24-13-11-18(14-21(24)25(28)29)26-22-12-10-16-6-4-5-9-19(16)20(22)15-23(26)17-7-2-1-3-8-17;1-10-6-5-9-13(11(10)2)16-14-8-4-3-7-12(14)15(17)18;1-9(2)7-10-3-5-11(6-4-10)8-12(13)14/h1-9,11,13-15,27H,10,12H2,(H,28,29);3-9,16H,1-2H3,(H,17,18);3-6,9H,7-8H2,1-2H3,(H,13,14). The van der Waals surface area contributed by atoms with Crippen molar-refractivity contribution < 1.29 is 34.8 Å². The Morgan fingerprint density at radius 2 is 1.28 bits per heavy atom. The number of nitrogens with zero attached hydrogens (tertiary/aromatic N) is 1. The van der Waals surface area contributed by atoms with Crippen LogP contribution in [-0.2, 0) is 30.5 Å². The van der Waals surface area contributed by atoms with Crippen LogP contribution in [0.15, 0.2) is 146 Å². The van der Waals surface area contributed by atoms with Gasteiger partial charge >= 0.3 is 17.9 Å². The van der Waals surface area contributed by atoms with Crippen molar-refractivity contribution in [1.29, 1.82) is 0 Å². The largest absolute Gasteiger partial charge is 0.507 e.